The lowest BCUT2D eigenvalue weighted by molar-refractivity contribution is -0.127. The minimum Gasteiger partial charge on any atom is -0.366 e. The Kier molecular flexibility index (Phi) is 6.97. The number of hydrogen-bond acceptors (Lipinski definition) is 4. The standard InChI is InChI=1S/C17H15BrClNO.C3H8O2/c1-10-12(6-7-16(10)21)4-2-11-3-5-13-9-14(18)17(19)20-15(13)8-11;1-3(2,4)5/h3,5,8-9,12H,1-2,4,6-7H2;4-5H,1-2H3. The van der Waals surface area contributed by atoms with Gasteiger partial charge in [-0.3, -0.25) is 4.79 Å². The molecular formula is C20H23BrClNO3. The van der Waals surface area contributed by atoms with Crippen molar-refractivity contribution in [2.24, 2.45) is 5.92 Å². The molecule has 1 heterocycles. The molecule has 0 spiro atoms. The van der Waals surface area contributed by atoms with E-state index < -0.39 is 5.79 Å². The fourth-order valence-corrected chi connectivity index (χ4v) is 3.33. The fraction of sp³-hybridized carbons (Fsp3) is 0.400. The van der Waals surface area contributed by atoms with E-state index in [2.05, 4.69) is 45.7 Å². The number of hydrogen-bond donors (Lipinski definition) is 2. The first-order valence-electron chi connectivity index (χ1n) is 8.46. The van der Waals surface area contributed by atoms with E-state index >= 15 is 0 Å². The Balaban J connectivity index is 0.000000431. The summed E-state index contributed by atoms with van der Waals surface area (Å²) in [6, 6.07) is 8.23. The van der Waals surface area contributed by atoms with Crippen molar-refractivity contribution < 1.29 is 15.0 Å². The first-order chi connectivity index (χ1) is 12.0. The van der Waals surface area contributed by atoms with Crippen LogP contribution in [0.5, 0.6) is 0 Å². The van der Waals surface area contributed by atoms with Crippen molar-refractivity contribution in [3.05, 3.63) is 51.6 Å². The molecule has 4 nitrogen and oxygen atoms in total. The van der Waals surface area contributed by atoms with Crippen LogP contribution in [-0.2, 0) is 11.2 Å². The van der Waals surface area contributed by atoms with E-state index in [1.54, 1.807) is 0 Å². The Morgan fingerprint density at radius 1 is 1.35 bits per heavy atom. The smallest absolute Gasteiger partial charge is 0.158 e. The predicted molar refractivity (Wildman–Crippen MR) is 108 cm³/mol. The topological polar surface area (TPSA) is 70.4 Å². The SMILES string of the molecule is C=C1C(=O)CCC1CCc1ccc2cc(Br)c(Cl)nc2c1.CC(C)(O)O. The van der Waals surface area contributed by atoms with Gasteiger partial charge in [-0.05, 0) is 78.2 Å². The third-order valence-electron chi connectivity index (χ3n) is 4.15. The molecule has 1 aliphatic carbocycles. The molecule has 1 saturated carbocycles. The fourth-order valence-electron chi connectivity index (χ4n) is 2.85. The van der Waals surface area contributed by atoms with Crippen LogP contribution in [0.1, 0.15) is 38.7 Å². The van der Waals surface area contributed by atoms with Gasteiger partial charge < -0.3 is 10.2 Å². The summed E-state index contributed by atoms with van der Waals surface area (Å²) >= 11 is 9.44. The van der Waals surface area contributed by atoms with Gasteiger partial charge in [0.05, 0.1) is 9.99 Å². The van der Waals surface area contributed by atoms with Crippen LogP contribution >= 0.6 is 27.5 Å². The Morgan fingerprint density at radius 3 is 2.58 bits per heavy atom. The lowest BCUT2D eigenvalue weighted by atomic mass is 9.95. The number of aliphatic hydroxyl groups is 2. The van der Waals surface area contributed by atoms with Crippen LogP contribution < -0.4 is 0 Å². The number of carbonyl (C=O) groups excluding carboxylic acids is 1. The van der Waals surface area contributed by atoms with E-state index in [1.807, 2.05) is 6.07 Å². The zero-order valence-corrected chi connectivity index (χ0v) is 17.3. The van der Waals surface area contributed by atoms with E-state index in [0.29, 0.717) is 17.5 Å². The third-order valence-corrected chi connectivity index (χ3v) is 5.27. The van der Waals surface area contributed by atoms with Gasteiger partial charge >= 0.3 is 0 Å². The predicted octanol–water partition coefficient (Wildman–Crippen LogP) is 4.83. The highest BCUT2D eigenvalue weighted by Crippen LogP contribution is 2.31. The number of aryl methyl sites for hydroxylation is 1. The van der Waals surface area contributed by atoms with E-state index in [9.17, 15) is 4.79 Å². The molecule has 2 aromatic rings. The van der Waals surface area contributed by atoms with Crippen molar-refractivity contribution in [1.29, 1.82) is 0 Å². The number of Topliss-reactive ketones (excluding diaryl/α,β-unsaturated/α-hetero) is 1. The van der Waals surface area contributed by atoms with Crippen molar-refractivity contribution in [1.82, 2.24) is 4.98 Å². The highest BCUT2D eigenvalue weighted by Gasteiger charge is 2.26. The average Bonchev–Trinajstić information content (AvgIpc) is 2.84. The highest BCUT2D eigenvalue weighted by atomic mass is 79.9. The molecule has 0 aliphatic heterocycles. The molecule has 140 valence electrons. The van der Waals surface area contributed by atoms with Gasteiger partial charge in [0.15, 0.2) is 11.6 Å². The van der Waals surface area contributed by atoms with Gasteiger partial charge in [-0.2, -0.15) is 0 Å². The maximum Gasteiger partial charge on any atom is 0.158 e. The number of halogens is 2. The number of pyridine rings is 1. The summed E-state index contributed by atoms with van der Waals surface area (Å²) in [5, 5.41) is 17.7. The molecule has 1 unspecified atom stereocenters. The summed E-state index contributed by atoms with van der Waals surface area (Å²) in [7, 11) is 0. The summed E-state index contributed by atoms with van der Waals surface area (Å²) < 4.78 is 0.810. The zero-order valence-electron chi connectivity index (χ0n) is 14.9. The van der Waals surface area contributed by atoms with Gasteiger partial charge in [0.2, 0.25) is 0 Å². The van der Waals surface area contributed by atoms with Crippen LogP contribution in [0.4, 0.5) is 0 Å². The van der Waals surface area contributed by atoms with Crippen molar-refractivity contribution in [3.63, 3.8) is 0 Å². The molecule has 0 saturated heterocycles. The molecule has 0 amide bonds. The van der Waals surface area contributed by atoms with Gasteiger partial charge in [0.25, 0.3) is 0 Å². The Bertz CT molecular complexity index is 824. The van der Waals surface area contributed by atoms with Crippen LogP contribution in [0, 0.1) is 5.92 Å². The molecule has 1 fully saturated rings. The molecule has 1 aromatic carbocycles. The molecule has 2 N–H and O–H groups in total. The van der Waals surface area contributed by atoms with Gasteiger partial charge in [-0.15, -0.1) is 0 Å². The second-order valence-corrected chi connectivity index (χ2v) is 8.22. The summed E-state index contributed by atoms with van der Waals surface area (Å²) in [6.07, 6.45) is 3.51. The lowest BCUT2D eigenvalue weighted by Crippen LogP contribution is -2.15. The van der Waals surface area contributed by atoms with Crippen molar-refractivity contribution >= 4 is 44.2 Å². The number of allylic oxidation sites excluding steroid dienone is 1. The Morgan fingerprint density at radius 2 is 2.00 bits per heavy atom. The quantitative estimate of drug-likeness (QED) is 0.407. The van der Waals surface area contributed by atoms with Crippen LogP contribution in [0.15, 0.2) is 40.9 Å². The maximum absolute atomic E-state index is 11.5. The normalized spacial score (nSPS) is 17.4. The first-order valence-corrected chi connectivity index (χ1v) is 9.63. The van der Waals surface area contributed by atoms with Crippen molar-refractivity contribution in [3.8, 4) is 0 Å². The Labute approximate surface area is 167 Å². The number of rotatable bonds is 3. The molecule has 0 bridgehead atoms. The van der Waals surface area contributed by atoms with Gasteiger partial charge in [0.1, 0.15) is 5.15 Å². The molecule has 1 aliphatic rings. The molecular weight excluding hydrogens is 418 g/mol. The van der Waals surface area contributed by atoms with Crippen LogP contribution in [0.2, 0.25) is 5.15 Å². The van der Waals surface area contributed by atoms with Crippen LogP contribution in [0.3, 0.4) is 0 Å². The summed E-state index contributed by atoms with van der Waals surface area (Å²) in [5.41, 5.74) is 2.93. The monoisotopic (exact) mass is 439 g/mol. The molecule has 1 atom stereocenters. The molecule has 26 heavy (non-hydrogen) atoms. The minimum absolute atomic E-state index is 0.233. The van der Waals surface area contributed by atoms with Crippen LogP contribution in [0.25, 0.3) is 10.9 Å². The molecule has 0 radical (unpaired) electrons. The number of aromatic nitrogens is 1. The Hall–Kier alpha value is -1.27. The maximum atomic E-state index is 11.5. The van der Waals surface area contributed by atoms with Crippen molar-refractivity contribution in [2.45, 2.75) is 45.3 Å². The van der Waals surface area contributed by atoms with E-state index in [0.717, 1.165) is 40.2 Å². The number of benzene rings is 1. The van der Waals surface area contributed by atoms with E-state index in [4.69, 9.17) is 21.8 Å². The average molecular weight is 441 g/mol. The molecule has 1 aromatic heterocycles. The van der Waals surface area contributed by atoms with Crippen molar-refractivity contribution in [2.75, 3.05) is 0 Å². The van der Waals surface area contributed by atoms with Crippen LogP contribution in [-0.4, -0.2) is 26.8 Å². The molecule has 3 rings (SSSR count). The molecule has 6 heteroatoms. The summed E-state index contributed by atoms with van der Waals surface area (Å²) in [4.78, 5) is 15.9. The summed E-state index contributed by atoms with van der Waals surface area (Å²) in [5.74, 6) is -0.925. The largest absolute Gasteiger partial charge is 0.366 e. The third kappa shape index (κ3) is 6.16. The first kappa shape index (κ1) is 21.0. The zero-order chi connectivity index (χ0) is 19.5. The second-order valence-electron chi connectivity index (χ2n) is 7.01. The number of carbonyl (C=O) groups is 1. The number of nitrogens with zero attached hydrogens (tertiary/aromatic N) is 1. The van der Waals surface area contributed by atoms with Gasteiger partial charge in [-0.25, -0.2) is 4.98 Å². The van der Waals surface area contributed by atoms with E-state index in [-0.39, 0.29) is 5.78 Å². The number of ketones is 1. The van der Waals surface area contributed by atoms with Gasteiger partial charge in [-0.1, -0.05) is 30.3 Å². The minimum atomic E-state index is -1.50. The number of fused-ring (bicyclic) bond motifs is 1. The summed E-state index contributed by atoms with van der Waals surface area (Å²) in [6.45, 7) is 6.51. The highest BCUT2D eigenvalue weighted by molar-refractivity contribution is 9.10. The second kappa shape index (κ2) is 8.61. The van der Waals surface area contributed by atoms with E-state index in [1.165, 1.54) is 19.4 Å². The van der Waals surface area contributed by atoms with Gasteiger partial charge in [0, 0.05) is 11.8 Å². The lowest BCUT2D eigenvalue weighted by Gasteiger charge is -2.10.